The number of aliphatic carboxylic acids is 2. The topological polar surface area (TPSA) is 109 Å². The van der Waals surface area contributed by atoms with E-state index in [1.54, 1.807) is 21.3 Å². The molecule has 2 N–H and O–H groups in total. The summed E-state index contributed by atoms with van der Waals surface area (Å²) in [5.74, 6) is -1.52. The molecule has 0 radical (unpaired) electrons. The van der Waals surface area contributed by atoms with Crippen molar-refractivity contribution in [2.75, 3.05) is 47.5 Å². The quantitative estimate of drug-likeness (QED) is 0.558. The Morgan fingerprint density at radius 1 is 0.735 bits per heavy atom. The number of benzene rings is 2. The van der Waals surface area contributed by atoms with Gasteiger partial charge in [0.15, 0.2) is 11.5 Å². The summed E-state index contributed by atoms with van der Waals surface area (Å²) in [4.78, 5) is 23.2. The Hall–Kier alpha value is -3.30. The summed E-state index contributed by atoms with van der Waals surface area (Å²) < 4.78 is 16.5. The summed E-state index contributed by atoms with van der Waals surface area (Å²) in [5.41, 5.74) is 3.92. The second kappa shape index (κ2) is 13.4. The van der Waals surface area contributed by atoms with E-state index < -0.39 is 11.9 Å². The third-order valence-electron chi connectivity index (χ3n) is 5.66. The zero-order valence-corrected chi connectivity index (χ0v) is 20.2. The number of aryl methyl sites for hydroxylation is 1. The highest BCUT2D eigenvalue weighted by Crippen LogP contribution is 2.40. The van der Waals surface area contributed by atoms with E-state index in [0.717, 1.165) is 57.0 Å². The average molecular weight is 475 g/mol. The molecule has 0 bridgehead atoms. The van der Waals surface area contributed by atoms with E-state index in [4.69, 9.17) is 34.0 Å². The van der Waals surface area contributed by atoms with Crippen molar-refractivity contribution in [3.8, 4) is 17.2 Å². The predicted octanol–water partition coefficient (Wildman–Crippen LogP) is 2.75. The molecule has 2 aromatic carbocycles. The fourth-order valence-corrected chi connectivity index (χ4v) is 3.77. The smallest absolute Gasteiger partial charge is 0.414 e. The van der Waals surface area contributed by atoms with Crippen LogP contribution >= 0.6 is 0 Å². The Labute approximate surface area is 200 Å². The zero-order valence-electron chi connectivity index (χ0n) is 20.2. The maximum absolute atomic E-state index is 9.10. The molecule has 1 aliphatic heterocycles. The van der Waals surface area contributed by atoms with Gasteiger partial charge in [0.05, 0.1) is 21.3 Å². The Bertz CT molecular complexity index is 927. The number of nitrogens with zero attached hydrogens (tertiary/aromatic N) is 2. The monoisotopic (exact) mass is 474 g/mol. The van der Waals surface area contributed by atoms with Gasteiger partial charge < -0.3 is 24.4 Å². The summed E-state index contributed by atoms with van der Waals surface area (Å²) in [6.45, 7) is 8.31. The first-order valence-electron chi connectivity index (χ1n) is 11.1. The zero-order chi connectivity index (χ0) is 25.1. The number of methoxy groups -OCH3 is 3. The van der Waals surface area contributed by atoms with Gasteiger partial charge in [0.1, 0.15) is 0 Å². The lowest BCUT2D eigenvalue weighted by atomic mass is 10.1. The highest BCUT2D eigenvalue weighted by Gasteiger charge is 2.21. The van der Waals surface area contributed by atoms with Crippen LogP contribution < -0.4 is 14.2 Å². The van der Waals surface area contributed by atoms with Gasteiger partial charge in [-0.05, 0) is 23.6 Å². The van der Waals surface area contributed by atoms with Crippen molar-refractivity contribution in [2.24, 2.45) is 0 Å². The van der Waals surface area contributed by atoms with Crippen LogP contribution in [0.15, 0.2) is 36.4 Å². The molecule has 1 aliphatic rings. The van der Waals surface area contributed by atoms with Crippen LogP contribution in [0.1, 0.15) is 23.6 Å². The molecule has 0 unspecified atom stereocenters. The molecule has 0 spiro atoms. The lowest BCUT2D eigenvalue weighted by molar-refractivity contribution is -0.159. The molecule has 0 amide bonds. The summed E-state index contributed by atoms with van der Waals surface area (Å²) in [6.07, 6.45) is 1.10. The average Bonchev–Trinajstić information content (AvgIpc) is 2.85. The summed E-state index contributed by atoms with van der Waals surface area (Å²) in [5, 5.41) is 14.8. The lowest BCUT2D eigenvalue weighted by Gasteiger charge is -2.35. The minimum absolute atomic E-state index is 0.664. The van der Waals surface area contributed by atoms with Crippen LogP contribution in [0.5, 0.6) is 17.2 Å². The Morgan fingerprint density at radius 2 is 1.24 bits per heavy atom. The number of hydrogen-bond donors (Lipinski definition) is 2. The van der Waals surface area contributed by atoms with Gasteiger partial charge >= 0.3 is 11.9 Å². The van der Waals surface area contributed by atoms with E-state index >= 15 is 0 Å². The van der Waals surface area contributed by atoms with Crippen molar-refractivity contribution >= 4 is 11.9 Å². The molecule has 186 valence electrons. The molecule has 1 fully saturated rings. The van der Waals surface area contributed by atoms with Crippen molar-refractivity contribution in [1.29, 1.82) is 0 Å². The Kier molecular flexibility index (Phi) is 10.6. The highest BCUT2D eigenvalue weighted by atomic mass is 16.5. The molecule has 9 heteroatoms. The molecule has 2 aromatic rings. The number of carboxylic acid groups (broad SMARTS) is 2. The van der Waals surface area contributed by atoms with Crippen LogP contribution in [-0.2, 0) is 29.1 Å². The fourth-order valence-electron chi connectivity index (χ4n) is 3.77. The standard InChI is InChI=1S/C23H32N2O3.C2H2O4/c1-5-18-6-8-19(9-7-18)16-24-12-14-25(15-13-24)17-20-10-11-21(26-2)23(28-4)22(20)27-3;3-1(4)2(5)6/h6-11H,5,12-17H2,1-4H3;(H,3,4)(H,5,6). The lowest BCUT2D eigenvalue weighted by Crippen LogP contribution is -2.45. The molecule has 0 aromatic heterocycles. The number of ether oxygens (including phenoxy) is 3. The Morgan fingerprint density at radius 3 is 1.68 bits per heavy atom. The van der Waals surface area contributed by atoms with Gasteiger partial charge in [-0.15, -0.1) is 0 Å². The molecule has 1 saturated heterocycles. The van der Waals surface area contributed by atoms with Crippen molar-refractivity contribution in [3.05, 3.63) is 53.1 Å². The summed E-state index contributed by atoms with van der Waals surface area (Å²) in [6, 6.07) is 13.0. The Balaban J connectivity index is 0.000000604. The van der Waals surface area contributed by atoms with E-state index in [1.165, 1.54) is 11.1 Å². The van der Waals surface area contributed by atoms with E-state index in [0.29, 0.717) is 11.5 Å². The van der Waals surface area contributed by atoms with Gasteiger partial charge in [-0.2, -0.15) is 0 Å². The predicted molar refractivity (Wildman–Crippen MR) is 128 cm³/mol. The summed E-state index contributed by atoms with van der Waals surface area (Å²) >= 11 is 0. The van der Waals surface area contributed by atoms with E-state index in [-0.39, 0.29) is 0 Å². The maximum Gasteiger partial charge on any atom is 0.414 e. The molecular weight excluding hydrogens is 440 g/mol. The second-order valence-electron chi connectivity index (χ2n) is 7.83. The molecule has 1 heterocycles. The van der Waals surface area contributed by atoms with Crippen LogP contribution in [0.3, 0.4) is 0 Å². The fraction of sp³-hybridized carbons (Fsp3) is 0.440. The molecule has 3 rings (SSSR count). The highest BCUT2D eigenvalue weighted by molar-refractivity contribution is 6.27. The van der Waals surface area contributed by atoms with Crippen molar-refractivity contribution in [3.63, 3.8) is 0 Å². The SMILES string of the molecule is CCc1ccc(CN2CCN(Cc3ccc(OC)c(OC)c3OC)CC2)cc1.O=C(O)C(=O)O. The third-order valence-corrected chi connectivity index (χ3v) is 5.66. The van der Waals surface area contributed by atoms with Crippen LogP contribution in [0.2, 0.25) is 0 Å². The molecule has 0 saturated carbocycles. The van der Waals surface area contributed by atoms with Crippen molar-refractivity contribution in [1.82, 2.24) is 9.80 Å². The molecular formula is C25H34N2O7. The summed E-state index contributed by atoms with van der Waals surface area (Å²) in [7, 11) is 4.98. The van der Waals surface area contributed by atoms with Gasteiger partial charge in [-0.3, -0.25) is 9.80 Å². The van der Waals surface area contributed by atoms with E-state index in [2.05, 4.69) is 47.1 Å². The number of hydrogen-bond acceptors (Lipinski definition) is 7. The van der Waals surface area contributed by atoms with Crippen LogP contribution in [0, 0.1) is 0 Å². The van der Waals surface area contributed by atoms with Gasteiger partial charge in [0.2, 0.25) is 5.75 Å². The van der Waals surface area contributed by atoms with Gasteiger partial charge in [-0.25, -0.2) is 9.59 Å². The molecule has 34 heavy (non-hydrogen) atoms. The first kappa shape index (κ1) is 26.9. The van der Waals surface area contributed by atoms with Crippen LogP contribution in [-0.4, -0.2) is 79.5 Å². The van der Waals surface area contributed by atoms with Gasteiger partial charge in [0.25, 0.3) is 0 Å². The van der Waals surface area contributed by atoms with E-state index in [1.807, 2.05) is 6.07 Å². The van der Waals surface area contributed by atoms with Crippen molar-refractivity contribution in [2.45, 2.75) is 26.4 Å². The van der Waals surface area contributed by atoms with Crippen molar-refractivity contribution < 1.29 is 34.0 Å². The number of carboxylic acids is 2. The largest absolute Gasteiger partial charge is 0.493 e. The maximum atomic E-state index is 9.10. The van der Waals surface area contributed by atoms with Gasteiger partial charge in [-0.1, -0.05) is 37.3 Å². The number of rotatable bonds is 8. The minimum atomic E-state index is -1.82. The molecule has 0 atom stereocenters. The molecule has 9 nitrogen and oxygen atoms in total. The van der Waals surface area contributed by atoms with Crippen LogP contribution in [0.4, 0.5) is 0 Å². The van der Waals surface area contributed by atoms with E-state index in [9.17, 15) is 0 Å². The number of piperazine rings is 1. The molecule has 0 aliphatic carbocycles. The van der Waals surface area contributed by atoms with Crippen LogP contribution in [0.25, 0.3) is 0 Å². The minimum Gasteiger partial charge on any atom is -0.493 e. The normalized spacial score (nSPS) is 14.0. The number of carbonyl (C=O) groups is 2. The third kappa shape index (κ3) is 7.64. The van der Waals surface area contributed by atoms with Gasteiger partial charge in [0, 0.05) is 44.8 Å². The second-order valence-corrected chi connectivity index (χ2v) is 7.83. The first-order chi connectivity index (χ1) is 16.3. The first-order valence-corrected chi connectivity index (χ1v) is 11.1.